The van der Waals surface area contributed by atoms with Crippen molar-refractivity contribution in [2.45, 2.75) is 70.8 Å². The molecule has 0 bridgehead atoms. The van der Waals surface area contributed by atoms with Gasteiger partial charge in [0.2, 0.25) is 0 Å². The average Bonchev–Trinajstić information content (AvgIpc) is 3.53. The van der Waals surface area contributed by atoms with Gasteiger partial charge >= 0.3 is 22.6 Å². The van der Waals surface area contributed by atoms with Gasteiger partial charge in [-0.15, -0.1) is 0 Å². The summed E-state index contributed by atoms with van der Waals surface area (Å²) in [5.74, 6) is -1.77. The number of hydrogen-bond acceptors (Lipinski definition) is 8. The fourth-order valence-electron chi connectivity index (χ4n) is 6.02. The monoisotopic (exact) mass is 716 g/mol. The van der Waals surface area contributed by atoms with E-state index in [-0.39, 0.29) is 34.1 Å². The van der Waals surface area contributed by atoms with Crippen LogP contribution in [0.5, 0.6) is 0 Å². The molecule has 5 rings (SSSR count). The maximum atomic E-state index is 13.8. The number of aliphatic carboxylic acids is 1. The Morgan fingerprint density at radius 1 is 0.920 bits per heavy atom. The van der Waals surface area contributed by atoms with Crippen LogP contribution in [0.2, 0.25) is 0 Å². The molecule has 0 aliphatic carbocycles. The first-order valence-corrected chi connectivity index (χ1v) is 16.5. The quantitative estimate of drug-likeness (QED) is 0.128. The predicted octanol–water partition coefficient (Wildman–Crippen LogP) is 5.27. The minimum atomic E-state index is -1.58. The normalized spacial score (nSPS) is 16.6. The molecule has 1 heterocycles. The molecule has 9 nitrogen and oxygen atoms in total. The van der Waals surface area contributed by atoms with Crippen LogP contribution in [0.25, 0.3) is 0 Å². The van der Waals surface area contributed by atoms with E-state index in [2.05, 4.69) is 15.2 Å². The minimum Gasteiger partial charge on any atom is -0.861 e. The second-order valence-corrected chi connectivity index (χ2v) is 13.2. The van der Waals surface area contributed by atoms with Crippen molar-refractivity contribution in [3.63, 3.8) is 0 Å². The molecule has 1 N–H and O–H groups in total. The van der Waals surface area contributed by atoms with Gasteiger partial charge in [0.25, 0.3) is 0 Å². The van der Waals surface area contributed by atoms with E-state index < -0.39 is 29.7 Å². The van der Waals surface area contributed by atoms with Crippen molar-refractivity contribution in [1.29, 1.82) is 0 Å². The van der Waals surface area contributed by atoms with Gasteiger partial charge < -0.3 is 25.1 Å². The van der Waals surface area contributed by atoms with Crippen LogP contribution in [0.4, 0.5) is 10.5 Å². The summed E-state index contributed by atoms with van der Waals surface area (Å²) >= 11 is 0. The third-order valence-electron chi connectivity index (χ3n) is 8.21. The number of carboxylic acid groups (broad SMARTS) is 1. The number of nitrogens with one attached hydrogen (secondary N) is 1. The van der Waals surface area contributed by atoms with Crippen LogP contribution in [0.3, 0.4) is 0 Å². The second kappa shape index (κ2) is 17.2. The molecular formula is C40H42N4NiO5. The van der Waals surface area contributed by atoms with E-state index in [1.54, 1.807) is 63.2 Å². The zero-order chi connectivity index (χ0) is 35.0. The average molecular weight is 717 g/mol. The Kier molecular flexibility index (Phi) is 13.1. The number of likely N-dealkylation sites (tertiary alicyclic amines) is 1. The number of ether oxygens (including phenoxy) is 1. The number of benzene rings is 4. The SMILES string of the molecule is Cc1cccc([C@@H](NC(=O)OC(C)(C)C)[C@H](N=C(c2ccccc2)c2ccccc2N=C([O-])[C@@H]2CCCN2Cc2ccccc2)C(=O)[O-])c1.[Ni+2]. The zero-order valence-corrected chi connectivity index (χ0v) is 29.6. The number of aliphatic imine (C=N–C) groups is 2. The Morgan fingerprint density at radius 3 is 2.24 bits per heavy atom. The summed E-state index contributed by atoms with van der Waals surface area (Å²) in [6.07, 6.45) is 0.785. The molecule has 50 heavy (non-hydrogen) atoms. The number of nitrogens with zero attached hydrogens (tertiary/aromatic N) is 3. The molecule has 262 valence electrons. The molecule has 3 atom stereocenters. The Hall–Kier alpha value is -4.79. The standard InChI is InChI=1S/C40H44N4O5.Ni/c1-27-15-13-20-30(25-27)35(43-39(48)49-40(2,3)4)36(38(46)47)42-34(29-18-9-6-10-19-29)31-21-11-12-22-32(31)41-37(45)33-23-14-24-44(33)26-28-16-7-5-8-17-28;/h5-13,15-22,25,33,35-36H,14,23-24,26H2,1-4H3,(H,41,45)(H,43,48)(H,46,47);/q;+2/p-2/t33-,35+,36-;/m0./s1. The zero-order valence-electron chi connectivity index (χ0n) is 28.7. The number of carboxylic acids is 1. The van der Waals surface area contributed by atoms with Crippen LogP contribution in [-0.2, 0) is 32.6 Å². The largest absolute Gasteiger partial charge is 2.00 e. The van der Waals surface area contributed by atoms with Crippen molar-refractivity contribution in [1.82, 2.24) is 10.2 Å². The fraction of sp³-hybridized carbons (Fsp3) is 0.300. The summed E-state index contributed by atoms with van der Waals surface area (Å²) in [5, 5.41) is 29.5. The van der Waals surface area contributed by atoms with Crippen molar-refractivity contribution in [2.24, 2.45) is 9.98 Å². The van der Waals surface area contributed by atoms with Crippen molar-refractivity contribution in [3.05, 3.63) is 137 Å². The molecule has 0 radical (unpaired) electrons. The molecule has 0 saturated carbocycles. The first-order valence-electron chi connectivity index (χ1n) is 16.5. The minimum absolute atomic E-state index is 0. The number of rotatable bonds is 11. The molecule has 1 saturated heterocycles. The molecular weight excluding hydrogens is 675 g/mol. The van der Waals surface area contributed by atoms with E-state index in [0.29, 0.717) is 35.3 Å². The summed E-state index contributed by atoms with van der Waals surface area (Å²) in [4.78, 5) is 37.6. The molecule has 0 unspecified atom stereocenters. The number of para-hydroxylation sites is 1. The molecule has 1 aliphatic rings. The molecule has 0 aromatic heterocycles. The van der Waals surface area contributed by atoms with Crippen LogP contribution in [0.15, 0.2) is 119 Å². The first kappa shape index (κ1) is 38.0. The predicted molar refractivity (Wildman–Crippen MR) is 188 cm³/mol. The van der Waals surface area contributed by atoms with Crippen LogP contribution in [0, 0.1) is 6.92 Å². The number of amides is 1. The van der Waals surface area contributed by atoms with Gasteiger partial charge in [-0.1, -0.05) is 109 Å². The molecule has 4 aromatic rings. The third kappa shape index (κ3) is 10.1. The van der Waals surface area contributed by atoms with Crippen LogP contribution >= 0.6 is 0 Å². The smallest absolute Gasteiger partial charge is 0.861 e. The second-order valence-electron chi connectivity index (χ2n) is 13.2. The molecule has 1 amide bonds. The summed E-state index contributed by atoms with van der Waals surface area (Å²) in [7, 11) is 0. The van der Waals surface area contributed by atoms with Crippen molar-refractivity contribution in [2.75, 3.05) is 6.54 Å². The Labute approximate surface area is 304 Å². The van der Waals surface area contributed by atoms with Gasteiger partial charge in [-0.05, 0) is 70.2 Å². The van der Waals surface area contributed by atoms with E-state index in [0.717, 1.165) is 24.1 Å². The van der Waals surface area contributed by atoms with E-state index >= 15 is 0 Å². The number of aryl methyl sites for hydroxylation is 1. The maximum absolute atomic E-state index is 13.8. The van der Waals surface area contributed by atoms with Crippen LogP contribution in [-0.4, -0.2) is 52.8 Å². The van der Waals surface area contributed by atoms with Gasteiger partial charge in [-0.3, -0.25) is 14.9 Å². The molecule has 4 aromatic carbocycles. The van der Waals surface area contributed by atoms with Crippen molar-refractivity contribution >= 4 is 29.4 Å². The molecule has 10 heteroatoms. The van der Waals surface area contributed by atoms with Crippen LogP contribution < -0.4 is 15.5 Å². The van der Waals surface area contributed by atoms with E-state index in [4.69, 9.17) is 9.73 Å². The summed E-state index contributed by atoms with van der Waals surface area (Å²) in [6.45, 7) is 8.49. The Bertz CT molecular complexity index is 1810. The van der Waals surface area contributed by atoms with E-state index in [1.165, 1.54) is 0 Å². The van der Waals surface area contributed by atoms with Gasteiger partial charge in [0.1, 0.15) is 11.6 Å². The van der Waals surface area contributed by atoms with E-state index in [9.17, 15) is 19.8 Å². The topological polar surface area (TPSA) is 129 Å². The summed E-state index contributed by atoms with van der Waals surface area (Å²) < 4.78 is 5.51. The maximum Gasteiger partial charge on any atom is 2.00 e. The summed E-state index contributed by atoms with van der Waals surface area (Å²) in [6, 6.07) is 30.3. The number of carbonyl (C=O) groups excluding carboxylic acids is 2. The van der Waals surface area contributed by atoms with Crippen molar-refractivity contribution in [3.8, 4) is 0 Å². The number of hydrogen-bond donors (Lipinski definition) is 1. The third-order valence-corrected chi connectivity index (χ3v) is 8.21. The number of alkyl carbamates (subject to hydrolysis) is 1. The van der Waals surface area contributed by atoms with Gasteiger partial charge in [-0.2, -0.15) is 0 Å². The van der Waals surface area contributed by atoms with Gasteiger partial charge in [-0.25, -0.2) is 4.79 Å². The molecule has 1 aliphatic heterocycles. The number of carbonyl (C=O) groups is 2. The molecule has 0 spiro atoms. The van der Waals surface area contributed by atoms with Crippen molar-refractivity contribution < 1.29 is 41.0 Å². The van der Waals surface area contributed by atoms with Gasteiger partial charge in [0.05, 0.1) is 23.4 Å². The first-order chi connectivity index (χ1) is 23.5. The molecule has 1 fully saturated rings. The Morgan fingerprint density at radius 2 is 1.58 bits per heavy atom. The van der Waals surface area contributed by atoms with Gasteiger partial charge in [0, 0.05) is 23.7 Å². The fourth-order valence-corrected chi connectivity index (χ4v) is 6.02. The van der Waals surface area contributed by atoms with Gasteiger partial charge in [0.15, 0.2) is 0 Å². The van der Waals surface area contributed by atoms with Crippen LogP contribution in [0.1, 0.15) is 67.5 Å². The van der Waals surface area contributed by atoms with E-state index in [1.807, 2.05) is 73.7 Å². The Balaban J connectivity index is 0.00000562. The summed E-state index contributed by atoms with van der Waals surface area (Å²) in [5.41, 5.74) is 3.43.